The summed E-state index contributed by atoms with van der Waals surface area (Å²) in [5.41, 5.74) is 5.95. The molecule has 3 rings (SSSR count). The largest absolute Gasteiger partial charge is 0.384 e. The molecule has 0 radical (unpaired) electrons. The molecule has 15 heavy (non-hydrogen) atoms. The third kappa shape index (κ3) is 1.06. The Morgan fingerprint density at radius 3 is 2.47 bits per heavy atom. The number of nitrogen functional groups attached to an aromatic ring is 1. The van der Waals surface area contributed by atoms with Gasteiger partial charge in [-0.25, -0.2) is 9.88 Å². The molecule has 1 aliphatic carbocycles. The smallest absolute Gasteiger partial charge is 0.237 e. The van der Waals surface area contributed by atoms with Gasteiger partial charge in [0.1, 0.15) is 5.82 Å². The van der Waals surface area contributed by atoms with Crippen LogP contribution in [0.15, 0.2) is 18.3 Å². The number of imide groups is 1. The van der Waals surface area contributed by atoms with Crippen LogP contribution < -0.4 is 10.6 Å². The maximum atomic E-state index is 11.7. The van der Waals surface area contributed by atoms with E-state index < -0.39 is 0 Å². The van der Waals surface area contributed by atoms with E-state index in [9.17, 15) is 9.59 Å². The maximum Gasteiger partial charge on any atom is 0.237 e. The highest BCUT2D eigenvalue weighted by Crippen LogP contribution is 2.48. The SMILES string of the molecule is Nc1ccc(N2C(=O)C3CC3C2=O)cn1. The predicted octanol–water partition coefficient (Wildman–Crippen LogP) is 0.173. The Kier molecular flexibility index (Phi) is 1.44. The van der Waals surface area contributed by atoms with Gasteiger partial charge in [0.15, 0.2) is 0 Å². The van der Waals surface area contributed by atoms with Crippen LogP contribution in [0.1, 0.15) is 6.42 Å². The van der Waals surface area contributed by atoms with Crippen molar-refractivity contribution in [2.75, 3.05) is 10.6 Å². The van der Waals surface area contributed by atoms with Crippen LogP contribution >= 0.6 is 0 Å². The van der Waals surface area contributed by atoms with E-state index in [2.05, 4.69) is 4.98 Å². The second-order valence-corrected chi connectivity index (χ2v) is 3.90. The van der Waals surface area contributed by atoms with E-state index in [1.165, 1.54) is 11.1 Å². The zero-order valence-electron chi connectivity index (χ0n) is 7.88. The Labute approximate surface area is 85.9 Å². The monoisotopic (exact) mass is 203 g/mol. The molecule has 2 fully saturated rings. The average Bonchev–Trinajstić information content (AvgIpc) is 2.96. The van der Waals surface area contributed by atoms with Gasteiger partial charge in [0.25, 0.3) is 0 Å². The molecule has 2 N–H and O–H groups in total. The molecule has 5 nitrogen and oxygen atoms in total. The zero-order chi connectivity index (χ0) is 10.6. The summed E-state index contributed by atoms with van der Waals surface area (Å²) in [5, 5.41) is 0. The Bertz CT molecular complexity index is 434. The van der Waals surface area contributed by atoms with Crippen molar-refractivity contribution in [1.82, 2.24) is 4.98 Å². The fraction of sp³-hybridized carbons (Fsp3) is 0.300. The van der Waals surface area contributed by atoms with Gasteiger partial charge in [-0.15, -0.1) is 0 Å². The Morgan fingerprint density at radius 2 is 1.93 bits per heavy atom. The molecule has 5 heteroatoms. The predicted molar refractivity (Wildman–Crippen MR) is 52.7 cm³/mol. The number of aromatic nitrogens is 1. The molecule has 2 atom stereocenters. The van der Waals surface area contributed by atoms with Gasteiger partial charge < -0.3 is 5.73 Å². The lowest BCUT2D eigenvalue weighted by Crippen LogP contribution is -2.32. The Hall–Kier alpha value is -1.91. The normalized spacial score (nSPS) is 28.1. The lowest BCUT2D eigenvalue weighted by molar-refractivity contribution is -0.123. The van der Waals surface area contributed by atoms with Crippen molar-refractivity contribution in [3.05, 3.63) is 18.3 Å². The third-order valence-corrected chi connectivity index (χ3v) is 2.89. The van der Waals surface area contributed by atoms with Gasteiger partial charge in [-0.05, 0) is 18.6 Å². The van der Waals surface area contributed by atoms with Crippen LogP contribution in [0, 0.1) is 11.8 Å². The number of amides is 2. The lowest BCUT2D eigenvalue weighted by Gasteiger charge is -2.15. The van der Waals surface area contributed by atoms with Crippen LogP contribution in [0.25, 0.3) is 0 Å². The van der Waals surface area contributed by atoms with Crippen LogP contribution in [0.3, 0.4) is 0 Å². The van der Waals surface area contributed by atoms with Gasteiger partial charge in [0.2, 0.25) is 11.8 Å². The number of rotatable bonds is 1. The van der Waals surface area contributed by atoms with Gasteiger partial charge >= 0.3 is 0 Å². The van der Waals surface area contributed by atoms with E-state index in [-0.39, 0.29) is 23.7 Å². The number of nitrogens with zero attached hydrogens (tertiary/aromatic N) is 2. The fourth-order valence-electron chi connectivity index (χ4n) is 1.97. The summed E-state index contributed by atoms with van der Waals surface area (Å²) in [4.78, 5) is 28.5. The minimum absolute atomic E-state index is 0.0740. The molecule has 0 bridgehead atoms. The van der Waals surface area contributed by atoms with Gasteiger partial charge in [-0.3, -0.25) is 9.59 Å². The van der Waals surface area contributed by atoms with E-state index in [1.54, 1.807) is 12.1 Å². The van der Waals surface area contributed by atoms with Crippen molar-refractivity contribution in [2.45, 2.75) is 6.42 Å². The van der Waals surface area contributed by atoms with E-state index in [0.717, 1.165) is 6.42 Å². The van der Waals surface area contributed by atoms with Crippen molar-refractivity contribution >= 4 is 23.3 Å². The zero-order valence-corrected chi connectivity index (χ0v) is 7.88. The number of hydrogen-bond acceptors (Lipinski definition) is 4. The highest BCUT2D eigenvalue weighted by molar-refractivity contribution is 6.24. The molecule has 2 amide bonds. The first-order valence-corrected chi connectivity index (χ1v) is 4.78. The van der Waals surface area contributed by atoms with Crippen molar-refractivity contribution in [2.24, 2.45) is 11.8 Å². The molecule has 2 heterocycles. The molecule has 1 aromatic rings. The quantitative estimate of drug-likeness (QED) is 0.660. The van der Waals surface area contributed by atoms with E-state index in [0.29, 0.717) is 11.5 Å². The van der Waals surface area contributed by atoms with Crippen LogP contribution in [0.4, 0.5) is 11.5 Å². The molecule has 1 aliphatic heterocycles. The van der Waals surface area contributed by atoms with Gasteiger partial charge in [-0.2, -0.15) is 0 Å². The van der Waals surface area contributed by atoms with Crippen LogP contribution in [-0.4, -0.2) is 16.8 Å². The minimum atomic E-state index is -0.100. The van der Waals surface area contributed by atoms with E-state index in [4.69, 9.17) is 5.73 Å². The molecular formula is C10H9N3O2. The second-order valence-electron chi connectivity index (χ2n) is 3.90. The summed E-state index contributed by atoms with van der Waals surface area (Å²) in [6.07, 6.45) is 2.17. The molecule has 2 aliphatic rings. The minimum Gasteiger partial charge on any atom is -0.384 e. The standard InChI is InChI=1S/C10H9N3O2/c11-8-2-1-5(4-12-8)13-9(14)6-3-7(6)10(13)15/h1-2,4,6-7H,3H2,(H2,11,12). The fourth-order valence-corrected chi connectivity index (χ4v) is 1.97. The van der Waals surface area contributed by atoms with Crippen LogP contribution in [0.2, 0.25) is 0 Å². The first-order valence-electron chi connectivity index (χ1n) is 4.78. The molecule has 0 aromatic carbocycles. The Morgan fingerprint density at radius 1 is 1.27 bits per heavy atom. The van der Waals surface area contributed by atoms with Crippen molar-refractivity contribution in [1.29, 1.82) is 0 Å². The second kappa shape index (κ2) is 2.56. The number of anilines is 2. The van der Waals surface area contributed by atoms with E-state index >= 15 is 0 Å². The number of hydrogen-bond donors (Lipinski definition) is 1. The van der Waals surface area contributed by atoms with Gasteiger partial charge in [0.05, 0.1) is 23.7 Å². The van der Waals surface area contributed by atoms with Gasteiger partial charge in [-0.1, -0.05) is 0 Å². The van der Waals surface area contributed by atoms with Crippen molar-refractivity contribution in [3.63, 3.8) is 0 Å². The highest BCUT2D eigenvalue weighted by atomic mass is 16.2. The first-order chi connectivity index (χ1) is 7.18. The van der Waals surface area contributed by atoms with Crippen LogP contribution in [0.5, 0.6) is 0 Å². The topological polar surface area (TPSA) is 76.3 Å². The molecular weight excluding hydrogens is 194 g/mol. The summed E-state index contributed by atoms with van der Waals surface area (Å²) < 4.78 is 0. The van der Waals surface area contributed by atoms with Crippen LogP contribution in [-0.2, 0) is 9.59 Å². The number of piperidine rings is 1. The van der Waals surface area contributed by atoms with Gasteiger partial charge in [0, 0.05) is 0 Å². The summed E-state index contributed by atoms with van der Waals surface area (Å²) >= 11 is 0. The third-order valence-electron chi connectivity index (χ3n) is 2.89. The number of nitrogens with two attached hydrogens (primary N) is 1. The Balaban J connectivity index is 1.98. The first kappa shape index (κ1) is 8.40. The molecule has 1 saturated carbocycles. The molecule has 76 valence electrons. The molecule has 1 aromatic heterocycles. The molecule has 2 unspecified atom stereocenters. The average molecular weight is 203 g/mol. The number of carbonyl (C=O) groups excluding carboxylic acids is 2. The van der Waals surface area contributed by atoms with E-state index in [1.807, 2.05) is 0 Å². The lowest BCUT2D eigenvalue weighted by atomic mass is 10.3. The summed E-state index contributed by atoms with van der Waals surface area (Å²) in [6, 6.07) is 3.22. The summed E-state index contributed by atoms with van der Waals surface area (Å²) in [7, 11) is 0. The number of fused-ring (bicyclic) bond motifs is 1. The molecule has 1 saturated heterocycles. The molecule has 0 spiro atoms. The number of carbonyl (C=O) groups is 2. The number of pyridine rings is 1. The summed E-state index contributed by atoms with van der Waals surface area (Å²) in [5.74, 6) is 0.0289. The maximum absolute atomic E-state index is 11.7. The van der Waals surface area contributed by atoms with Crippen molar-refractivity contribution < 1.29 is 9.59 Å². The van der Waals surface area contributed by atoms with Crippen molar-refractivity contribution in [3.8, 4) is 0 Å². The highest BCUT2D eigenvalue weighted by Gasteiger charge is 2.59. The summed E-state index contributed by atoms with van der Waals surface area (Å²) in [6.45, 7) is 0.